The number of hydrogen-bond donors (Lipinski definition) is 1. The Morgan fingerprint density at radius 1 is 1.00 bits per heavy atom. The minimum absolute atomic E-state index is 0.977. The number of benzene rings is 2. The van der Waals surface area contributed by atoms with Gasteiger partial charge in [-0.25, -0.2) is 0 Å². The molecule has 0 fully saturated rings. The summed E-state index contributed by atoms with van der Waals surface area (Å²) in [4.78, 5) is 0. The Kier molecular flexibility index (Phi) is 4.26. The van der Waals surface area contributed by atoms with Crippen molar-refractivity contribution < 1.29 is 0 Å². The maximum atomic E-state index is 3.66. The Labute approximate surface area is 130 Å². The fourth-order valence-corrected chi connectivity index (χ4v) is 3.47. The first-order valence-electron chi connectivity index (χ1n) is 7.56. The van der Waals surface area contributed by atoms with Crippen LogP contribution in [0.2, 0.25) is 0 Å². The SMILES string of the molecule is CCc1ccc2sccc2c1NCCc1ccc(C)cc1. The van der Waals surface area contributed by atoms with Crippen LogP contribution in [0.15, 0.2) is 47.8 Å². The van der Waals surface area contributed by atoms with Crippen LogP contribution in [-0.2, 0) is 12.8 Å². The fraction of sp³-hybridized carbons (Fsp3) is 0.263. The van der Waals surface area contributed by atoms with Gasteiger partial charge in [0.05, 0.1) is 0 Å². The number of aryl methyl sites for hydroxylation is 2. The van der Waals surface area contributed by atoms with E-state index in [9.17, 15) is 0 Å². The van der Waals surface area contributed by atoms with E-state index < -0.39 is 0 Å². The third-order valence-corrected chi connectivity index (χ3v) is 4.82. The molecule has 0 radical (unpaired) electrons. The Hall–Kier alpha value is -1.80. The lowest BCUT2D eigenvalue weighted by atomic mass is 10.1. The van der Waals surface area contributed by atoms with E-state index in [2.05, 4.69) is 67.0 Å². The predicted molar refractivity (Wildman–Crippen MR) is 94.6 cm³/mol. The molecule has 0 atom stereocenters. The molecule has 1 heterocycles. The van der Waals surface area contributed by atoms with Gasteiger partial charge in [0.2, 0.25) is 0 Å². The van der Waals surface area contributed by atoms with Crippen LogP contribution in [0.5, 0.6) is 0 Å². The Balaban J connectivity index is 1.75. The second kappa shape index (κ2) is 6.31. The number of fused-ring (bicyclic) bond motifs is 1. The van der Waals surface area contributed by atoms with Crippen molar-refractivity contribution in [2.45, 2.75) is 26.7 Å². The average Bonchev–Trinajstić information content (AvgIpc) is 2.98. The molecule has 0 aliphatic rings. The van der Waals surface area contributed by atoms with Crippen LogP contribution < -0.4 is 5.32 Å². The molecule has 3 aromatic rings. The van der Waals surface area contributed by atoms with Crippen LogP contribution >= 0.6 is 11.3 Å². The highest BCUT2D eigenvalue weighted by Crippen LogP contribution is 2.31. The van der Waals surface area contributed by atoms with E-state index >= 15 is 0 Å². The van der Waals surface area contributed by atoms with Gasteiger partial charge in [-0.15, -0.1) is 11.3 Å². The Bertz CT molecular complexity index is 725. The zero-order valence-corrected chi connectivity index (χ0v) is 13.5. The van der Waals surface area contributed by atoms with Crippen molar-refractivity contribution >= 4 is 27.1 Å². The molecule has 21 heavy (non-hydrogen) atoms. The van der Waals surface area contributed by atoms with Gasteiger partial charge in [-0.2, -0.15) is 0 Å². The first-order chi connectivity index (χ1) is 10.3. The zero-order valence-electron chi connectivity index (χ0n) is 12.6. The van der Waals surface area contributed by atoms with Gasteiger partial charge in [0.25, 0.3) is 0 Å². The molecule has 0 amide bonds. The number of thiophene rings is 1. The van der Waals surface area contributed by atoms with Crippen LogP contribution in [0.4, 0.5) is 5.69 Å². The van der Waals surface area contributed by atoms with Gasteiger partial charge in [-0.05, 0) is 48.4 Å². The van der Waals surface area contributed by atoms with E-state index in [1.54, 1.807) is 0 Å². The summed E-state index contributed by atoms with van der Waals surface area (Å²) in [6.45, 7) is 5.33. The summed E-state index contributed by atoms with van der Waals surface area (Å²) in [5.41, 5.74) is 5.44. The average molecular weight is 295 g/mol. The lowest BCUT2D eigenvalue weighted by Gasteiger charge is -2.13. The van der Waals surface area contributed by atoms with Gasteiger partial charge in [-0.3, -0.25) is 0 Å². The second-order valence-corrected chi connectivity index (χ2v) is 6.40. The summed E-state index contributed by atoms with van der Waals surface area (Å²) in [5, 5.41) is 7.20. The molecule has 3 rings (SSSR count). The first kappa shape index (κ1) is 14.2. The van der Waals surface area contributed by atoms with Gasteiger partial charge in [0.15, 0.2) is 0 Å². The lowest BCUT2D eigenvalue weighted by molar-refractivity contribution is 1.01. The van der Waals surface area contributed by atoms with E-state index in [0.717, 1.165) is 19.4 Å². The summed E-state index contributed by atoms with van der Waals surface area (Å²) in [6, 6.07) is 15.6. The molecule has 0 saturated carbocycles. The van der Waals surface area contributed by atoms with Gasteiger partial charge in [0, 0.05) is 22.3 Å². The van der Waals surface area contributed by atoms with Crippen molar-refractivity contribution in [1.82, 2.24) is 0 Å². The standard InChI is InChI=1S/C19H21NS/c1-3-16-8-9-18-17(11-13-21-18)19(16)20-12-10-15-6-4-14(2)5-7-15/h4-9,11,13,20H,3,10,12H2,1-2H3. The second-order valence-electron chi connectivity index (χ2n) is 5.45. The van der Waals surface area contributed by atoms with Gasteiger partial charge < -0.3 is 5.32 Å². The number of nitrogens with one attached hydrogen (secondary N) is 1. The highest BCUT2D eigenvalue weighted by atomic mass is 32.1. The van der Waals surface area contributed by atoms with Crippen molar-refractivity contribution in [3.8, 4) is 0 Å². The maximum absolute atomic E-state index is 3.66. The number of rotatable bonds is 5. The summed E-state index contributed by atoms with van der Waals surface area (Å²) >= 11 is 1.81. The molecule has 108 valence electrons. The monoisotopic (exact) mass is 295 g/mol. The largest absolute Gasteiger partial charge is 0.384 e. The molecule has 1 nitrogen and oxygen atoms in total. The molecule has 0 aliphatic carbocycles. The van der Waals surface area contributed by atoms with Crippen LogP contribution in [0, 0.1) is 6.92 Å². The fourth-order valence-electron chi connectivity index (χ4n) is 2.68. The van der Waals surface area contributed by atoms with Crippen molar-refractivity contribution in [3.05, 3.63) is 64.5 Å². The summed E-state index contributed by atoms with van der Waals surface area (Å²) in [7, 11) is 0. The number of hydrogen-bond acceptors (Lipinski definition) is 2. The lowest BCUT2D eigenvalue weighted by Crippen LogP contribution is -2.07. The van der Waals surface area contributed by atoms with Gasteiger partial charge in [-0.1, -0.05) is 42.8 Å². The third-order valence-electron chi connectivity index (χ3n) is 3.94. The van der Waals surface area contributed by atoms with Crippen LogP contribution in [-0.4, -0.2) is 6.54 Å². The predicted octanol–water partition coefficient (Wildman–Crippen LogP) is 5.43. The van der Waals surface area contributed by atoms with Crippen molar-refractivity contribution in [2.75, 3.05) is 11.9 Å². The van der Waals surface area contributed by atoms with Crippen LogP contribution in [0.25, 0.3) is 10.1 Å². The maximum Gasteiger partial charge on any atom is 0.0460 e. The van der Waals surface area contributed by atoms with E-state index in [0.29, 0.717) is 0 Å². The molecule has 0 bridgehead atoms. The van der Waals surface area contributed by atoms with E-state index in [4.69, 9.17) is 0 Å². The van der Waals surface area contributed by atoms with Gasteiger partial charge in [0.1, 0.15) is 0 Å². The topological polar surface area (TPSA) is 12.0 Å². The highest BCUT2D eigenvalue weighted by Gasteiger charge is 2.07. The minimum Gasteiger partial charge on any atom is -0.384 e. The Morgan fingerprint density at radius 3 is 2.57 bits per heavy atom. The Morgan fingerprint density at radius 2 is 1.81 bits per heavy atom. The smallest absolute Gasteiger partial charge is 0.0460 e. The number of anilines is 1. The van der Waals surface area contributed by atoms with Gasteiger partial charge >= 0.3 is 0 Å². The molecule has 0 saturated heterocycles. The molecule has 0 aliphatic heterocycles. The van der Waals surface area contributed by atoms with Crippen LogP contribution in [0.1, 0.15) is 23.6 Å². The zero-order chi connectivity index (χ0) is 14.7. The van der Waals surface area contributed by atoms with Crippen LogP contribution in [0.3, 0.4) is 0 Å². The van der Waals surface area contributed by atoms with Crippen molar-refractivity contribution in [1.29, 1.82) is 0 Å². The minimum atomic E-state index is 0.977. The van der Waals surface area contributed by atoms with Crippen molar-refractivity contribution in [2.24, 2.45) is 0 Å². The molecular formula is C19H21NS. The van der Waals surface area contributed by atoms with E-state index in [1.165, 1.54) is 32.5 Å². The third kappa shape index (κ3) is 3.11. The summed E-state index contributed by atoms with van der Waals surface area (Å²) < 4.78 is 1.37. The molecule has 2 heteroatoms. The van der Waals surface area contributed by atoms with E-state index in [-0.39, 0.29) is 0 Å². The summed E-state index contributed by atoms with van der Waals surface area (Å²) in [6.07, 6.45) is 2.13. The molecule has 1 aromatic heterocycles. The molecule has 2 aromatic carbocycles. The molecule has 1 N–H and O–H groups in total. The molecule has 0 spiro atoms. The first-order valence-corrected chi connectivity index (χ1v) is 8.44. The molecule has 0 unspecified atom stereocenters. The normalized spacial score (nSPS) is 11.0. The quantitative estimate of drug-likeness (QED) is 0.662. The summed E-state index contributed by atoms with van der Waals surface area (Å²) in [5.74, 6) is 0. The van der Waals surface area contributed by atoms with E-state index in [1.807, 2.05) is 11.3 Å². The molecular weight excluding hydrogens is 274 g/mol. The highest BCUT2D eigenvalue weighted by molar-refractivity contribution is 7.17. The van der Waals surface area contributed by atoms with Crippen molar-refractivity contribution in [3.63, 3.8) is 0 Å².